The van der Waals surface area contributed by atoms with Crippen LogP contribution in [0.1, 0.15) is 46.5 Å². The van der Waals surface area contributed by atoms with Gasteiger partial charge in [0.1, 0.15) is 17.2 Å². The van der Waals surface area contributed by atoms with Gasteiger partial charge in [0.25, 0.3) is 0 Å². The van der Waals surface area contributed by atoms with E-state index in [0.717, 1.165) is 16.7 Å². The van der Waals surface area contributed by atoms with Gasteiger partial charge in [-0.05, 0) is 110 Å². The second-order valence-corrected chi connectivity index (χ2v) is 9.80. The number of carbonyl (C=O) groups is 2. The summed E-state index contributed by atoms with van der Waals surface area (Å²) in [6.07, 6.45) is 3.82. The smallest absolute Gasteiger partial charge is 0.355 e. The summed E-state index contributed by atoms with van der Waals surface area (Å²) in [6.45, 7) is 5.18. The number of hydrogen-bond acceptors (Lipinski definition) is 5. The Morgan fingerprint density at radius 2 is 1.34 bits per heavy atom. The fraction of sp³-hybridized carbons (Fsp3) is 0.125. The highest BCUT2D eigenvalue weighted by atomic mass is 35.5. The number of ether oxygens (including phenoxy) is 2. The molecule has 0 unspecified atom stereocenters. The highest BCUT2D eigenvalue weighted by Crippen LogP contribution is 2.25. The van der Waals surface area contributed by atoms with Crippen LogP contribution in [0.4, 0.5) is 0 Å². The van der Waals surface area contributed by atoms with Gasteiger partial charge in [-0.25, -0.2) is 4.79 Å². The number of aryl methyl sites for hydroxylation is 1. The standard InChI is InChI=1S/C32H27ClO5/c1-21-18-23(5-4-22-6-14-27(34)15-7-22)20-29(19-21)37-31(36)32(2,3)38-28-16-10-25(11-17-28)30(35)24-8-12-26(33)13-9-24/h4-20,34H,1-3H3/b5-4+. The molecule has 0 aliphatic heterocycles. The molecule has 0 atom stereocenters. The van der Waals surface area contributed by atoms with Crippen molar-refractivity contribution in [3.05, 3.63) is 124 Å². The molecule has 192 valence electrons. The van der Waals surface area contributed by atoms with Gasteiger partial charge in [-0.1, -0.05) is 42.0 Å². The van der Waals surface area contributed by atoms with E-state index in [-0.39, 0.29) is 11.5 Å². The predicted octanol–water partition coefficient (Wildman–Crippen LogP) is 7.52. The lowest BCUT2D eigenvalue weighted by Crippen LogP contribution is -2.41. The van der Waals surface area contributed by atoms with Crippen molar-refractivity contribution in [2.45, 2.75) is 26.4 Å². The molecule has 0 aliphatic rings. The zero-order valence-corrected chi connectivity index (χ0v) is 22.0. The first kappa shape index (κ1) is 26.7. The largest absolute Gasteiger partial charge is 0.508 e. The Kier molecular flexibility index (Phi) is 7.99. The van der Waals surface area contributed by atoms with Gasteiger partial charge in [-0.3, -0.25) is 4.79 Å². The Labute approximate surface area is 226 Å². The maximum Gasteiger partial charge on any atom is 0.355 e. The van der Waals surface area contributed by atoms with Crippen LogP contribution >= 0.6 is 11.6 Å². The van der Waals surface area contributed by atoms with Crippen LogP contribution in [0.3, 0.4) is 0 Å². The minimum atomic E-state index is -1.28. The van der Waals surface area contributed by atoms with E-state index in [1.807, 2.05) is 37.3 Å². The fourth-order valence-electron chi connectivity index (χ4n) is 3.72. The number of ketones is 1. The normalized spacial score (nSPS) is 11.4. The number of benzene rings is 4. The van der Waals surface area contributed by atoms with Crippen LogP contribution < -0.4 is 9.47 Å². The molecule has 38 heavy (non-hydrogen) atoms. The first-order valence-corrected chi connectivity index (χ1v) is 12.4. The van der Waals surface area contributed by atoms with Gasteiger partial charge in [-0.15, -0.1) is 0 Å². The molecule has 4 aromatic carbocycles. The van der Waals surface area contributed by atoms with Crippen LogP contribution in [0.15, 0.2) is 91.0 Å². The Bertz CT molecular complexity index is 1470. The average Bonchev–Trinajstić information content (AvgIpc) is 2.88. The highest BCUT2D eigenvalue weighted by molar-refractivity contribution is 6.30. The number of phenolic OH excluding ortho intramolecular Hbond substituents is 1. The van der Waals surface area contributed by atoms with Crippen LogP contribution in [0.5, 0.6) is 17.2 Å². The van der Waals surface area contributed by atoms with E-state index < -0.39 is 11.6 Å². The number of rotatable bonds is 8. The van der Waals surface area contributed by atoms with E-state index in [4.69, 9.17) is 21.1 Å². The van der Waals surface area contributed by atoms with Crippen LogP contribution in [0.25, 0.3) is 12.2 Å². The molecule has 4 aromatic rings. The molecule has 0 saturated heterocycles. The number of aromatic hydroxyl groups is 1. The molecule has 5 nitrogen and oxygen atoms in total. The minimum Gasteiger partial charge on any atom is -0.508 e. The van der Waals surface area contributed by atoms with Gasteiger partial charge in [-0.2, -0.15) is 0 Å². The summed E-state index contributed by atoms with van der Waals surface area (Å²) < 4.78 is 11.6. The summed E-state index contributed by atoms with van der Waals surface area (Å²) in [7, 11) is 0. The Balaban J connectivity index is 1.42. The monoisotopic (exact) mass is 526 g/mol. The quantitative estimate of drug-likeness (QED) is 0.111. The number of esters is 1. The number of halogens is 1. The van der Waals surface area contributed by atoms with Gasteiger partial charge < -0.3 is 14.6 Å². The molecular formula is C32H27ClO5. The molecule has 0 heterocycles. The van der Waals surface area contributed by atoms with E-state index in [1.165, 1.54) is 0 Å². The maximum atomic E-state index is 13.0. The Hall–Kier alpha value is -4.35. The van der Waals surface area contributed by atoms with Crippen LogP contribution in [-0.2, 0) is 4.79 Å². The van der Waals surface area contributed by atoms with E-state index >= 15 is 0 Å². The predicted molar refractivity (Wildman–Crippen MR) is 150 cm³/mol. The van der Waals surface area contributed by atoms with Crippen molar-refractivity contribution in [3.8, 4) is 17.2 Å². The van der Waals surface area contributed by atoms with Crippen molar-refractivity contribution in [1.29, 1.82) is 0 Å². The Morgan fingerprint density at radius 1 is 0.763 bits per heavy atom. The highest BCUT2D eigenvalue weighted by Gasteiger charge is 2.32. The third-order valence-corrected chi connectivity index (χ3v) is 5.98. The van der Waals surface area contributed by atoms with Crippen molar-refractivity contribution in [1.82, 2.24) is 0 Å². The van der Waals surface area contributed by atoms with Crippen molar-refractivity contribution in [2.24, 2.45) is 0 Å². The zero-order chi connectivity index (χ0) is 27.3. The summed E-state index contributed by atoms with van der Waals surface area (Å²) in [6, 6.07) is 25.7. The summed E-state index contributed by atoms with van der Waals surface area (Å²) in [4.78, 5) is 25.7. The fourth-order valence-corrected chi connectivity index (χ4v) is 3.84. The summed E-state index contributed by atoms with van der Waals surface area (Å²) in [5, 5.41) is 10.0. The summed E-state index contributed by atoms with van der Waals surface area (Å²) >= 11 is 5.90. The van der Waals surface area contributed by atoms with E-state index in [2.05, 4.69) is 0 Å². The van der Waals surface area contributed by atoms with Crippen molar-refractivity contribution in [3.63, 3.8) is 0 Å². The second-order valence-electron chi connectivity index (χ2n) is 9.37. The first-order valence-electron chi connectivity index (χ1n) is 12.0. The van der Waals surface area contributed by atoms with Crippen LogP contribution in [-0.4, -0.2) is 22.5 Å². The van der Waals surface area contributed by atoms with Gasteiger partial charge in [0.05, 0.1) is 0 Å². The molecule has 4 rings (SSSR count). The lowest BCUT2D eigenvalue weighted by Gasteiger charge is -2.24. The summed E-state index contributed by atoms with van der Waals surface area (Å²) in [5.41, 5.74) is 2.46. The van der Waals surface area contributed by atoms with Crippen LogP contribution in [0.2, 0.25) is 5.02 Å². The third kappa shape index (κ3) is 6.90. The zero-order valence-electron chi connectivity index (χ0n) is 21.3. The van der Waals surface area contributed by atoms with E-state index in [1.54, 1.807) is 86.6 Å². The molecule has 0 radical (unpaired) electrons. The number of phenols is 1. The van der Waals surface area contributed by atoms with Crippen molar-refractivity contribution >= 4 is 35.5 Å². The lowest BCUT2D eigenvalue weighted by molar-refractivity contribution is -0.149. The first-order chi connectivity index (χ1) is 18.1. The van der Waals surface area contributed by atoms with Crippen molar-refractivity contribution in [2.75, 3.05) is 0 Å². The SMILES string of the molecule is Cc1cc(/C=C/c2ccc(O)cc2)cc(OC(=O)C(C)(C)Oc2ccc(C(=O)c3ccc(Cl)cc3)cc2)c1. The third-order valence-electron chi connectivity index (χ3n) is 5.73. The van der Waals surface area contributed by atoms with E-state index in [0.29, 0.717) is 27.6 Å². The van der Waals surface area contributed by atoms with Gasteiger partial charge in [0, 0.05) is 16.1 Å². The maximum absolute atomic E-state index is 13.0. The van der Waals surface area contributed by atoms with E-state index in [9.17, 15) is 14.7 Å². The summed E-state index contributed by atoms with van der Waals surface area (Å²) in [5.74, 6) is 0.348. The van der Waals surface area contributed by atoms with Gasteiger partial charge in [0.15, 0.2) is 5.78 Å². The lowest BCUT2D eigenvalue weighted by atomic mass is 10.0. The number of hydrogen-bond donors (Lipinski definition) is 1. The molecule has 0 amide bonds. The number of carbonyl (C=O) groups excluding carboxylic acids is 2. The van der Waals surface area contributed by atoms with Gasteiger partial charge >= 0.3 is 5.97 Å². The molecular weight excluding hydrogens is 500 g/mol. The van der Waals surface area contributed by atoms with Crippen LogP contribution in [0, 0.1) is 6.92 Å². The molecule has 0 aromatic heterocycles. The second kappa shape index (κ2) is 11.4. The average molecular weight is 527 g/mol. The topological polar surface area (TPSA) is 72.8 Å². The molecule has 0 spiro atoms. The Morgan fingerprint density at radius 3 is 1.97 bits per heavy atom. The molecule has 1 N–H and O–H groups in total. The molecule has 0 fully saturated rings. The molecule has 0 bridgehead atoms. The molecule has 0 saturated carbocycles. The minimum absolute atomic E-state index is 0.137. The van der Waals surface area contributed by atoms with Crippen molar-refractivity contribution < 1.29 is 24.2 Å². The molecule has 6 heteroatoms. The molecule has 0 aliphatic carbocycles. The van der Waals surface area contributed by atoms with Gasteiger partial charge in [0.2, 0.25) is 5.60 Å².